The first-order valence-corrected chi connectivity index (χ1v) is 4.81. The topological polar surface area (TPSA) is 80.4 Å². The predicted octanol–water partition coefficient (Wildman–Crippen LogP) is 0.210. The molecule has 1 aromatic heterocycles. The second-order valence-corrected chi connectivity index (χ2v) is 3.37. The molecule has 0 radical (unpaired) electrons. The smallest absolute Gasteiger partial charge is 0.137 e. The molecule has 0 aliphatic carbocycles. The Labute approximate surface area is 89.3 Å². The van der Waals surface area contributed by atoms with Gasteiger partial charge in [0.25, 0.3) is 0 Å². The quantitative estimate of drug-likeness (QED) is 0.648. The zero-order valence-electron chi connectivity index (χ0n) is 8.97. The molecule has 0 aromatic carbocycles. The molecule has 0 aliphatic rings. The van der Waals surface area contributed by atoms with E-state index in [9.17, 15) is 5.11 Å². The number of nitrogens with one attached hydrogen (secondary N) is 1. The lowest BCUT2D eigenvalue weighted by molar-refractivity contribution is 0.168. The zero-order valence-corrected chi connectivity index (χ0v) is 8.97. The van der Waals surface area contributed by atoms with Gasteiger partial charge in [0, 0.05) is 12.6 Å². The average molecular weight is 211 g/mol. The Bertz CT molecular complexity index is 287. The Balaban J connectivity index is 2.44. The fourth-order valence-corrected chi connectivity index (χ4v) is 0.999. The summed E-state index contributed by atoms with van der Waals surface area (Å²) in [5.41, 5.74) is 5.66. The highest BCUT2D eigenvalue weighted by Gasteiger charge is 2.08. The molecule has 0 saturated heterocycles. The minimum atomic E-state index is -0.532. The van der Waals surface area contributed by atoms with Gasteiger partial charge in [0.05, 0.1) is 19.4 Å². The van der Waals surface area contributed by atoms with Gasteiger partial charge in [-0.25, -0.2) is 4.98 Å². The number of nitrogens with zero attached hydrogens (tertiary/aromatic N) is 1. The molecular weight excluding hydrogens is 194 g/mol. The van der Waals surface area contributed by atoms with Crippen molar-refractivity contribution in [1.82, 2.24) is 4.98 Å². The summed E-state index contributed by atoms with van der Waals surface area (Å²) in [5, 5.41) is 12.2. The average Bonchev–Trinajstić information content (AvgIpc) is 2.26. The Kier molecular flexibility index (Phi) is 4.33. The molecule has 1 aromatic rings. The third-order valence-electron chi connectivity index (χ3n) is 2.11. The normalized spacial score (nSPS) is 14.4. The summed E-state index contributed by atoms with van der Waals surface area (Å²) in [6.45, 7) is 2.14. The molecule has 84 valence electrons. The van der Waals surface area contributed by atoms with E-state index in [1.807, 2.05) is 6.07 Å². The first-order valence-electron chi connectivity index (χ1n) is 4.81. The Morgan fingerprint density at radius 2 is 2.33 bits per heavy atom. The molecule has 2 atom stereocenters. The van der Waals surface area contributed by atoms with E-state index in [1.54, 1.807) is 26.3 Å². The van der Waals surface area contributed by atoms with E-state index in [-0.39, 0.29) is 6.04 Å². The van der Waals surface area contributed by atoms with E-state index in [1.165, 1.54) is 0 Å². The van der Waals surface area contributed by atoms with Crippen LogP contribution in [0, 0.1) is 0 Å². The maximum Gasteiger partial charge on any atom is 0.137 e. The number of ether oxygens (including phenoxy) is 1. The van der Waals surface area contributed by atoms with Crippen molar-refractivity contribution < 1.29 is 9.84 Å². The fourth-order valence-electron chi connectivity index (χ4n) is 0.999. The molecule has 4 N–H and O–H groups in total. The Hall–Kier alpha value is -1.33. The van der Waals surface area contributed by atoms with Crippen molar-refractivity contribution in [2.45, 2.75) is 19.1 Å². The van der Waals surface area contributed by atoms with Crippen molar-refractivity contribution in [3.63, 3.8) is 0 Å². The summed E-state index contributed by atoms with van der Waals surface area (Å²) in [6, 6.07) is 3.31. The lowest BCUT2D eigenvalue weighted by Gasteiger charge is -2.15. The Morgan fingerprint density at radius 3 is 2.80 bits per heavy atom. The first kappa shape index (κ1) is 11.7. The van der Waals surface area contributed by atoms with Gasteiger partial charge < -0.3 is 20.9 Å². The second kappa shape index (κ2) is 5.53. The highest BCUT2D eigenvalue weighted by atomic mass is 16.5. The molecule has 0 spiro atoms. The van der Waals surface area contributed by atoms with Crippen molar-refractivity contribution in [2.75, 3.05) is 19.0 Å². The number of rotatable bonds is 5. The van der Waals surface area contributed by atoms with Crippen LogP contribution in [0.25, 0.3) is 0 Å². The van der Waals surface area contributed by atoms with Crippen LogP contribution in [0.1, 0.15) is 6.92 Å². The number of hydrogen-bond acceptors (Lipinski definition) is 5. The van der Waals surface area contributed by atoms with Crippen LogP contribution >= 0.6 is 0 Å². The molecule has 0 amide bonds. The minimum absolute atomic E-state index is 0.297. The summed E-state index contributed by atoms with van der Waals surface area (Å²) < 4.78 is 4.98. The summed E-state index contributed by atoms with van der Waals surface area (Å²) in [4.78, 5) is 4.11. The van der Waals surface area contributed by atoms with E-state index >= 15 is 0 Å². The lowest BCUT2D eigenvalue weighted by atomic mass is 10.2. The highest BCUT2D eigenvalue weighted by molar-refractivity contribution is 5.37. The zero-order chi connectivity index (χ0) is 11.3. The number of methoxy groups -OCH3 is 1. The van der Waals surface area contributed by atoms with Gasteiger partial charge in [0.1, 0.15) is 11.6 Å². The molecule has 1 heterocycles. The van der Waals surface area contributed by atoms with Crippen molar-refractivity contribution in [2.24, 2.45) is 5.73 Å². The van der Waals surface area contributed by atoms with Crippen LogP contribution in [0.4, 0.5) is 5.82 Å². The molecule has 1 rings (SSSR count). The van der Waals surface area contributed by atoms with E-state index < -0.39 is 6.10 Å². The van der Waals surface area contributed by atoms with Gasteiger partial charge in [0.2, 0.25) is 0 Å². The van der Waals surface area contributed by atoms with Gasteiger partial charge in [-0.1, -0.05) is 0 Å². The van der Waals surface area contributed by atoms with Crippen molar-refractivity contribution in [3.05, 3.63) is 18.3 Å². The van der Waals surface area contributed by atoms with E-state index in [0.717, 1.165) is 0 Å². The predicted molar refractivity (Wildman–Crippen MR) is 58.9 cm³/mol. The second-order valence-electron chi connectivity index (χ2n) is 3.37. The lowest BCUT2D eigenvalue weighted by Crippen LogP contribution is -2.38. The van der Waals surface area contributed by atoms with Crippen LogP contribution < -0.4 is 15.8 Å². The summed E-state index contributed by atoms with van der Waals surface area (Å²) >= 11 is 0. The molecule has 0 saturated carbocycles. The van der Waals surface area contributed by atoms with Crippen LogP contribution in [-0.4, -0.2) is 35.9 Å². The van der Waals surface area contributed by atoms with Gasteiger partial charge in [-0.3, -0.25) is 0 Å². The molecule has 2 unspecified atom stereocenters. The van der Waals surface area contributed by atoms with E-state index in [4.69, 9.17) is 10.5 Å². The van der Waals surface area contributed by atoms with Gasteiger partial charge in [0.15, 0.2) is 0 Å². The number of anilines is 1. The molecular formula is C10H17N3O2. The van der Waals surface area contributed by atoms with E-state index in [2.05, 4.69) is 10.3 Å². The number of aliphatic hydroxyl groups is 1. The van der Waals surface area contributed by atoms with Crippen LogP contribution in [0.3, 0.4) is 0 Å². The summed E-state index contributed by atoms with van der Waals surface area (Å²) in [7, 11) is 1.59. The SMILES string of the molecule is COc1ccc(NCC(N)C(C)O)nc1. The molecule has 15 heavy (non-hydrogen) atoms. The van der Waals surface area contributed by atoms with Gasteiger partial charge in [-0.2, -0.15) is 0 Å². The monoisotopic (exact) mass is 211 g/mol. The van der Waals surface area contributed by atoms with Crippen molar-refractivity contribution >= 4 is 5.82 Å². The van der Waals surface area contributed by atoms with E-state index in [0.29, 0.717) is 18.1 Å². The van der Waals surface area contributed by atoms with Gasteiger partial charge in [-0.15, -0.1) is 0 Å². The van der Waals surface area contributed by atoms with Crippen LogP contribution in [0.2, 0.25) is 0 Å². The van der Waals surface area contributed by atoms with Crippen molar-refractivity contribution in [3.8, 4) is 5.75 Å². The maximum atomic E-state index is 9.18. The van der Waals surface area contributed by atoms with Gasteiger partial charge in [-0.05, 0) is 19.1 Å². The van der Waals surface area contributed by atoms with Crippen LogP contribution in [0.5, 0.6) is 5.75 Å². The number of aliphatic hydroxyl groups excluding tert-OH is 1. The van der Waals surface area contributed by atoms with Crippen molar-refractivity contribution in [1.29, 1.82) is 0 Å². The first-order chi connectivity index (χ1) is 7.13. The Morgan fingerprint density at radius 1 is 1.60 bits per heavy atom. The number of hydrogen-bond donors (Lipinski definition) is 3. The standard InChI is InChI=1S/C10H17N3O2/c1-7(14)9(11)6-13-10-4-3-8(15-2)5-12-10/h3-5,7,9,14H,6,11H2,1-2H3,(H,12,13). The van der Waals surface area contributed by atoms with Crippen LogP contribution in [0.15, 0.2) is 18.3 Å². The number of aromatic nitrogens is 1. The molecule has 0 aliphatic heterocycles. The fraction of sp³-hybridized carbons (Fsp3) is 0.500. The largest absolute Gasteiger partial charge is 0.495 e. The third kappa shape index (κ3) is 3.73. The molecule has 0 fully saturated rings. The molecule has 5 heteroatoms. The minimum Gasteiger partial charge on any atom is -0.495 e. The molecule has 0 bridgehead atoms. The maximum absolute atomic E-state index is 9.18. The summed E-state index contributed by atoms with van der Waals surface area (Å²) in [6.07, 6.45) is 1.09. The van der Waals surface area contributed by atoms with Crippen LogP contribution in [-0.2, 0) is 0 Å². The highest BCUT2D eigenvalue weighted by Crippen LogP contribution is 2.10. The third-order valence-corrected chi connectivity index (χ3v) is 2.11. The van der Waals surface area contributed by atoms with Gasteiger partial charge >= 0.3 is 0 Å². The molecule has 5 nitrogen and oxygen atoms in total. The summed E-state index contributed by atoms with van der Waals surface area (Å²) in [5.74, 6) is 1.42. The number of nitrogens with two attached hydrogens (primary N) is 1. The number of pyridine rings is 1.